The molecule has 0 rings (SSSR count). The van der Waals surface area contributed by atoms with Gasteiger partial charge in [0.1, 0.15) is 0 Å². The van der Waals surface area contributed by atoms with Crippen molar-refractivity contribution < 1.29 is 0 Å². The Morgan fingerprint density at radius 1 is 0.104 bits per heavy atom. The third-order valence-electron chi connectivity index (χ3n) is 15.1. The van der Waals surface area contributed by atoms with Crippen LogP contribution in [0.5, 0.6) is 0 Å². The summed E-state index contributed by atoms with van der Waals surface area (Å²) in [6, 6.07) is 0. The smallest absolute Gasteiger partial charge is 0.000653 e. The summed E-state index contributed by atoms with van der Waals surface area (Å²) in [7, 11) is 0. The Labute approximate surface area is 476 Å². The molecule has 0 aromatic heterocycles. The first-order chi connectivity index (χ1) is 37.8. The lowest BCUT2D eigenvalue weighted by Crippen LogP contribution is -2.37. The van der Waals surface area contributed by atoms with E-state index < -0.39 is 0 Å². The third-order valence-corrected chi connectivity index (χ3v) is 15.1. The molecular weight excluding hydrogens is 965 g/mol. The van der Waals surface area contributed by atoms with Crippen molar-refractivity contribution in [1.82, 2.24) is 44.1 Å². The summed E-state index contributed by atoms with van der Waals surface area (Å²) in [6.07, 6.45) is 20.7. The Balaban J connectivity index is 5.27. The van der Waals surface area contributed by atoms with E-state index in [9.17, 15) is 0 Å². The lowest BCUT2D eigenvalue weighted by molar-refractivity contribution is 0.185. The maximum atomic E-state index is 6.08. The minimum Gasteiger partial charge on any atom is -0.330 e. The van der Waals surface area contributed by atoms with Gasteiger partial charge in [0.2, 0.25) is 0 Å². The van der Waals surface area contributed by atoms with Crippen molar-refractivity contribution in [3.8, 4) is 0 Å². The summed E-state index contributed by atoms with van der Waals surface area (Å²) in [5.41, 5.74) is 65.6. The molecule has 0 fully saturated rings. The van der Waals surface area contributed by atoms with Gasteiger partial charge >= 0.3 is 0 Å². The summed E-state index contributed by atoms with van der Waals surface area (Å²) in [4.78, 5) is 23.7. The highest BCUT2D eigenvalue weighted by Crippen LogP contribution is 2.09. The molecule has 0 saturated heterocycles. The van der Waals surface area contributed by atoms with Crippen molar-refractivity contribution in [2.75, 3.05) is 249 Å². The van der Waals surface area contributed by atoms with Gasteiger partial charge < -0.3 is 107 Å². The number of hydrogen-bond acceptors (Lipinski definition) is 20. The molecule has 464 valence electrons. The van der Waals surface area contributed by atoms with Crippen molar-refractivity contribution >= 4 is 0 Å². The van der Waals surface area contributed by atoms with Crippen molar-refractivity contribution in [2.24, 2.45) is 63.1 Å². The fourth-order valence-electron chi connectivity index (χ4n) is 10.6. The summed E-state index contributed by atoms with van der Waals surface area (Å²) < 4.78 is 0. The average molecular weight is 1100 g/mol. The molecule has 22 N–H and O–H groups in total. The van der Waals surface area contributed by atoms with Crippen LogP contribution in [0.1, 0.15) is 122 Å². The molecule has 0 unspecified atom stereocenters. The van der Waals surface area contributed by atoms with Crippen molar-refractivity contribution in [1.29, 1.82) is 0 Å². The largest absolute Gasteiger partial charge is 0.330 e. The molecule has 0 aromatic carbocycles. The molecule has 0 aromatic rings. The minimum atomic E-state index is 0.731. The van der Waals surface area contributed by atoms with Crippen LogP contribution in [0, 0.1) is 0 Å². The van der Waals surface area contributed by atoms with Crippen LogP contribution < -0.4 is 63.1 Å². The first kappa shape index (κ1) is 76.2. The molecule has 0 aliphatic carbocycles. The van der Waals surface area contributed by atoms with Gasteiger partial charge in [-0.1, -0.05) is 0 Å². The molecule has 0 saturated carbocycles. The monoisotopic (exact) mass is 1100 g/mol. The molecule has 77 heavy (non-hydrogen) atoms. The summed E-state index contributed by atoms with van der Waals surface area (Å²) >= 11 is 0. The Kier molecular flexibility index (Phi) is 59.2. The fraction of sp³-hybridized carbons (Fsp3) is 1.00. The molecule has 0 amide bonds. The van der Waals surface area contributed by atoms with Gasteiger partial charge in [0.05, 0.1) is 0 Å². The predicted molar refractivity (Wildman–Crippen MR) is 335 cm³/mol. The first-order valence-corrected chi connectivity index (χ1v) is 32.0. The SMILES string of the molecule is NCCCN(CCCN)CCCN(CCCN)CCCN(CCCN)CCCN(CCCN)CCCN(CCCN)CCCN(CCCN)CCCN(CCCN)CCCN(CCCN)CCCN(CCCN)CCCN. The number of nitrogens with two attached hydrogens (primary N) is 11. The van der Waals surface area contributed by atoms with E-state index in [-0.39, 0.29) is 0 Å². The van der Waals surface area contributed by atoms with Crippen molar-refractivity contribution in [2.45, 2.75) is 122 Å². The fourth-order valence-corrected chi connectivity index (χ4v) is 10.6. The van der Waals surface area contributed by atoms with Crippen molar-refractivity contribution in [3.05, 3.63) is 0 Å². The van der Waals surface area contributed by atoms with Crippen LogP contribution in [-0.4, -0.2) is 293 Å². The zero-order valence-electron chi connectivity index (χ0n) is 50.7. The van der Waals surface area contributed by atoms with E-state index in [0.717, 1.165) is 371 Å². The van der Waals surface area contributed by atoms with Gasteiger partial charge in [0, 0.05) is 0 Å². The first-order valence-electron chi connectivity index (χ1n) is 32.0. The Morgan fingerprint density at radius 3 is 0.234 bits per heavy atom. The normalized spacial score (nSPS) is 12.5. The summed E-state index contributed by atoms with van der Waals surface area (Å²) in [5.74, 6) is 0. The second-order valence-electron chi connectivity index (χ2n) is 22.0. The number of hydrogen-bond donors (Lipinski definition) is 11. The van der Waals surface area contributed by atoms with Gasteiger partial charge in [-0.15, -0.1) is 0 Å². The van der Waals surface area contributed by atoms with E-state index in [2.05, 4.69) is 44.1 Å². The van der Waals surface area contributed by atoms with E-state index in [0.29, 0.717) is 0 Å². The van der Waals surface area contributed by atoms with E-state index in [1.165, 1.54) is 0 Å². The Bertz CT molecular complexity index is 1040. The Morgan fingerprint density at radius 2 is 0.169 bits per heavy atom. The van der Waals surface area contributed by atoms with E-state index in [1.807, 2.05) is 0 Å². The van der Waals surface area contributed by atoms with Gasteiger partial charge in [-0.05, 0) is 371 Å². The van der Waals surface area contributed by atoms with Crippen LogP contribution in [0.3, 0.4) is 0 Å². The standard InChI is InChI=1S/C57H136N20/c58-20-1-31-69(32-2-21-59)42-12-44-71(35-5-24-62)46-14-48-73(37-7-26-64)50-16-52-75(39-9-28-66)54-18-56-77(41-11-30-68)57-19-55-76(40-10-29-67)53-17-51-74(38-8-27-65)49-15-47-72(36-6-25-63)45-13-43-70(33-3-22-60)34-4-23-61/h1-68H2. The second kappa shape index (κ2) is 59.8. The molecule has 0 atom stereocenters. The number of rotatable bonds is 65. The molecule has 0 aliphatic rings. The van der Waals surface area contributed by atoms with Crippen LogP contribution in [0.25, 0.3) is 0 Å². The van der Waals surface area contributed by atoms with Gasteiger partial charge in [-0.3, -0.25) is 0 Å². The molecular formula is C57H136N20. The van der Waals surface area contributed by atoms with Crippen LogP contribution in [0.15, 0.2) is 0 Å². The van der Waals surface area contributed by atoms with Gasteiger partial charge in [0.15, 0.2) is 0 Å². The topological polar surface area (TPSA) is 315 Å². The molecule has 20 nitrogen and oxygen atoms in total. The molecule has 0 aliphatic heterocycles. The van der Waals surface area contributed by atoms with Crippen LogP contribution in [-0.2, 0) is 0 Å². The predicted octanol–water partition coefficient (Wildman–Crippen LogP) is -0.338. The molecule has 0 heterocycles. The van der Waals surface area contributed by atoms with E-state index >= 15 is 0 Å². The lowest BCUT2D eigenvalue weighted by atomic mass is 10.2. The quantitative estimate of drug-likeness (QED) is 0.0371. The maximum absolute atomic E-state index is 6.08. The van der Waals surface area contributed by atoms with Crippen LogP contribution in [0.2, 0.25) is 0 Å². The van der Waals surface area contributed by atoms with Crippen molar-refractivity contribution in [3.63, 3.8) is 0 Å². The zero-order chi connectivity index (χ0) is 56.5. The maximum Gasteiger partial charge on any atom is -0.000653 e. The van der Waals surface area contributed by atoms with E-state index in [1.54, 1.807) is 0 Å². The molecule has 20 heteroatoms. The number of nitrogens with zero attached hydrogens (tertiary/aromatic N) is 9. The van der Waals surface area contributed by atoms with Gasteiger partial charge in [0.25, 0.3) is 0 Å². The highest BCUT2D eigenvalue weighted by Gasteiger charge is 2.15. The zero-order valence-corrected chi connectivity index (χ0v) is 50.7. The second-order valence-corrected chi connectivity index (χ2v) is 22.0. The average Bonchev–Trinajstić information content (AvgIpc) is 3.44. The lowest BCUT2D eigenvalue weighted by Gasteiger charge is -2.29. The summed E-state index contributed by atoms with van der Waals surface area (Å²) in [5, 5.41) is 0. The third kappa shape index (κ3) is 48.4. The molecule has 0 spiro atoms. The van der Waals surface area contributed by atoms with Gasteiger partial charge in [-0.2, -0.15) is 0 Å². The van der Waals surface area contributed by atoms with E-state index in [4.69, 9.17) is 63.1 Å². The van der Waals surface area contributed by atoms with Gasteiger partial charge in [-0.25, -0.2) is 0 Å². The highest BCUT2D eigenvalue weighted by atomic mass is 15.2. The minimum absolute atomic E-state index is 0.731. The summed E-state index contributed by atoms with van der Waals surface area (Å²) in [6.45, 7) is 37.5. The molecule has 0 radical (unpaired) electrons. The molecule has 0 bridgehead atoms. The van der Waals surface area contributed by atoms with Crippen LogP contribution >= 0.6 is 0 Å². The Hall–Kier alpha value is -0.800. The highest BCUT2D eigenvalue weighted by molar-refractivity contribution is 4.72. The van der Waals surface area contributed by atoms with Crippen LogP contribution in [0.4, 0.5) is 0 Å².